The fraction of sp³-hybridized carbons (Fsp3) is 0.533. The number of amides is 1. The summed E-state index contributed by atoms with van der Waals surface area (Å²) < 4.78 is 52.7. The lowest BCUT2D eigenvalue weighted by Crippen LogP contribution is -2.65. The number of benzene rings is 2. The molecular weight excluding hydrogens is 806 g/mol. The number of anilines is 1. The molecule has 0 spiro atoms. The van der Waals surface area contributed by atoms with Crippen molar-refractivity contribution in [2.24, 2.45) is 11.8 Å². The van der Waals surface area contributed by atoms with E-state index in [1.165, 1.54) is 7.05 Å². The average Bonchev–Trinajstić information content (AvgIpc) is 3.54. The zero-order valence-corrected chi connectivity index (χ0v) is 38.6. The number of hydrogen-bond donors (Lipinski definition) is 1. The molecule has 6 rings (SSSR count). The summed E-state index contributed by atoms with van der Waals surface area (Å²) in [5.74, 6) is -5.19. The highest BCUT2D eigenvalue weighted by atomic mass is 28.4. The number of ether oxygens (including phenoxy) is 4. The van der Waals surface area contributed by atoms with Crippen LogP contribution >= 0.6 is 0 Å². The predicted molar refractivity (Wildman–Crippen MR) is 226 cm³/mol. The molecule has 4 atom stereocenters. The van der Waals surface area contributed by atoms with E-state index in [-0.39, 0.29) is 53.5 Å². The van der Waals surface area contributed by atoms with E-state index in [2.05, 4.69) is 5.16 Å². The third-order valence-corrected chi connectivity index (χ3v) is 16.3. The topological polar surface area (TPSA) is 167 Å². The second-order valence-electron chi connectivity index (χ2n) is 19.8. The van der Waals surface area contributed by atoms with E-state index in [9.17, 15) is 14.7 Å². The van der Waals surface area contributed by atoms with E-state index in [0.29, 0.717) is 0 Å². The van der Waals surface area contributed by atoms with E-state index in [0.717, 1.165) is 16.5 Å². The highest BCUT2D eigenvalue weighted by Crippen LogP contribution is 2.60. The van der Waals surface area contributed by atoms with Crippen LogP contribution < -0.4 is 14.4 Å². The van der Waals surface area contributed by atoms with Gasteiger partial charge in [-0.1, -0.05) is 51.1 Å². The Hall–Kier alpha value is -5.06. The van der Waals surface area contributed by atoms with Gasteiger partial charge >= 0.3 is 12.2 Å². The van der Waals surface area contributed by atoms with Gasteiger partial charge in [-0.05, 0) is 103 Å². The van der Waals surface area contributed by atoms with Gasteiger partial charge in [0, 0.05) is 30.2 Å². The van der Waals surface area contributed by atoms with Crippen molar-refractivity contribution in [1.82, 2.24) is 10.1 Å². The largest absolute Gasteiger partial charge is 0.514 e. The van der Waals surface area contributed by atoms with Crippen LogP contribution in [-0.2, 0) is 26.9 Å². The van der Waals surface area contributed by atoms with Gasteiger partial charge in [-0.2, -0.15) is 0 Å². The second-order valence-corrected chi connectivity index (χ2v) is 24.6. The van der Waals surface area contributed by atoms with Crippen molar-refractivity contribution in [1.29, 1.82) is 0 Å². The van der Waals surface area contributed by atoms with Gasteiger partial charge in [0.05, 0.1) is 17.3 Å². The molecule has 14 nitrogen and oxygen atoms in total. The van der Waals surface area contributed by atoms with Gasteiger partial charge in [-0.3, -0.25) is 19.4 Å². The van der Waals surface area contributed by atoms with Gasteiger partial charge in [0.2, 0.25) is 5.78 Å². The Kier molecular flexibility index (Phi) is 11.7. The molecule has 330 valence electrons. The lowest BCUT2D eigenvalue weighted by Gasteiger charge is -2.55. The molecule has 1 N–H and O–H groups in total. The predicted octanol–water partition coefficient (Wildman–Crippen LogP) is 9.52. The maximum atomic E-state index is 16.6. The smallest absolute Gasteiger partial charge is 0.508 e. The Balaban J connectivity index is 1.60. The van der Waals surface area contributed by atoms with Gasteiger partial charge in [-0.25, -0.2) is 14.0 Å². The summed E-state index contributed by atoms with van der Waals surface area (Å²) in [6.45, 7) is 19.7. The van der Waals surface area contributed by atoms with Gasteiger partial charge < -0.3 is 33.0 Å². The van der Waals surface area contributed by atoms with Crippen LogP contribution in [0.1, 0.15) is 112 Å². The van der Waals surface area contributed by atoms with Crippen molar-refractivity contribution < 1.29 is 56.6 Å². The summed E-state index contributed by atoms with van der Waals surface area (Å²) in [5.41, 5.74) is -4.42. The highest BCUT2D eigenvalue weighted by Gasteiger charge is 2.67. The van der Waals surface area contributed by atoms with E-state index < -0.39 is 94.7 Å². The van der Waals surface area contributed by atoms with Crippen LogP contribution in [0.3, 0.4) is 0 Å². The first kappa shape index (κ1) is 45.5. The number of carbonyl (C=O) groups excluding carboxylic acids is 4. The van der Waals surface area contributed by atoms with E-state index in [1.54, 1.807) is 55.6 Å². The number of rotatable bonds is 8. The lowest BCUT2D eigenvalue weighted by molar-refractivity contribution is -0.0481. The maximum Gasteiger partial charge on any atom is 0.514 e. The van der Waals surface area contributed by atoms with Gasteiger partial charge in [-0.15, -0.1) is 0 Å². The van der Waals surface area contributed by atoms with Gasteiger partial charge in [0.15, 0.2) is 31.2 Å². The highest BCUT2D eigenvalue weighted by molar-refractivity contribution is 6.74. The van der Waals surface area contributed by atoms with Crippen LogP contribution in [0.15, 0.2) is 52.3 Å². The zero-order valence-electron chi connectivity index (χ0n) is 37.6. The summed E-state index contributed by atoms with van der Waals surface area (Å²) in [4.78, 5) is 60.5. The van der Waals surface area contributed by atoms with Crippen molar-refractivity contribution in [2.75, 3.05) is 26.0 Å². The molecule has 0 aliphatic heterocycles. The molecule has 1 heterocycles. The number of allylic oxidation sites excluding steroid dienone is 1. The number of fused-ring (bicyclic) bond motifs is 4. The Bertz CT molecular complexity index is 2280. The first-order valence-corrected chi connectivity index (χ1v) is 23.3. The van der Waals surface area contributed by atoms with E-state index >= 15 is 14.0 Å². The Morgan fingerprint density at radius 2 is 1.59 bits per heavy atom. The van der Waals surface area contributed by atoms with Gasteiger partial charge in [0.25, 0.3) is 5.88 Å². The lowest BCUT2D eigenvalue weighted by atomic mass is 9.58. The summed E-state index contributed by atoms with van der Waals surface area (Å²) in [5, 5.41) is 16.7. The number of hydrogen-bond acceptors (Lipinski definition) is 13. The molecule has 1 unspecified atom stereocenters. The molecule has 3 aliphatic rings. The fourth-order valence-electron chi connectivity index (χ4n) is 8.09. The molecule has 0 saturated heterocycles. The number of aliphatic hydroxyl groups is 1. The molecule has 1 aromatic heterocycles. The minimum absolute atomic E-state index is 0.0277. The zero-order chi connectivity index (χ0) is 45.4. The molecule has 3 aromatic rings. The van der Waals surface area contributed by atoms with Crippen molar-refractivity contribution in [3.05, 3.63) is 81.6 Å². The minimum atomic E-state index is -3.06. The Morgan fingerprint density at radius 3 is 2.16 bits per heavy atom. The molecule has 0 saturated carbocycles. The molecule has 2 aromatic carbocycles. The first-order chi connectivity index (χ1) is 28.1. The Labute approximate surface area is 357 Å². The standard InChI is InChI=1S/C45H58FN3O11Si/c1-42(2,3)57-40(53)49(12)29-22-28(46)26-20-25-21-27-33(48(10)11)36-32(39(47-59-36)55-23-24-18-16-15-17-19-24)38(52)45(27,60-61(13,14)44(7,8)9)37(51)30(25)34(50)31(26)35(29)56-41(54)58-43(4,5)6/h15-19,22,25,27,33,51H,20-21,23H2,1-14H3/t25-,27-,33-,45?/m0/s1. The average molecular weight is 864 g/mol. The fourth-order valence-corrected chi connectivity index (χ4v) is 9.54. The summed E-state index contributed by atoms with van der Waals surface area (Å²) in [6.07, 6.45) is -2.24. The quantitative estimate of drug-likeness (QED) is 0.129. The summed E-state index contributed by atoms with van der Waals surface area (Å²) >= 11 is 0. The number of ketones is 2. The Morgan fingerprint density at radius 1 is 0.967 bits per heavy atom. The summed E-state index contributed by atoms with van der Waals surface area (Å²) in [7, 11) is 1.83. The molecular formula is C45H58FN3O11Si. The van der Waals surface area contributed by atoms with E-state index in [4.69, 9.17) is 27.9 Å². The van der Waals surface area contributed by atoms with Crippen LogP contribution in [-0.4, -0.2) is 85.2 Å². The van der Waals surface area contributed by atoms with Crippen molar-refractivity contribution >= 4 is 37.8 Å². The third-order valence-electron chi connectivity index (χ3n) is 11.8. The molecule has 61 heavy (non-hydrogen) atoms. The van der Waals surface area contributed by atoms with Crippen molar-refractivity contribution in [3.63, 3.8) is 0 Å². The molecule has 3 aliphatic carbocycles. The molecule has 1 amide bonds. The number of aromatic nitrogens is 1. The minimum Gasteiger partial charge on any atom is -0.508 e. The molecule has 0 fully saturated rings. The number of halogens is 1. The molecule has 16 heteroatoms. The molecule has 0 radical (unpaired) electrons. The van der Waals surface area contributed by atoms with Gasteiger partial charge in [0.1, 0.15) is 34.9 Å². The number of Topliss-reactive ketones (excluding diaryl/α,β-unsaturated/α-hetero) is 2. The monoisotopic (exact) mass is 863 g/mol. The van der Waals surface area contributed by atoms with Crippen molar-refractivity contribution in [3.8, 4) is 11.6 Å². The van der Waals surface area contributed by atoms with E-state index in [1.807, 2.05) is 69.1 Å². The maximum absolute atomic E-state index is 16.6. The normalized spacial score (nSPS) is 21.6. The second kappa shape index (κ2) is 15.7. The van der Waals surface area contributed by atoms with Crippen LogP contribution in [0.5, 0.6) is 11.6 Å². The number of nitrogens with zero attached hydrogens (tertiary/aromatic N) is 3. The molecule has 0 bridgehead atoms. The number of aliphatic hydroxyl groups excluding tert-OH is 1. The van der Waals surface area contributed by atoms with Crippen LogP contribution in [0.2, 0.25) is 18.1 Å². The van der Waals surface area contributed by atoms with Crippen LogP contribution in [0.4, 0.5) is 19.7 Å². The van der Waals surface area contributed by atoms with Crippen LogP contribution in [0, 0.1) is 17.7 Å². The van der Waals surface area contributed by atoms with Crippen LogP contribution in [0.25, 0.3) is 0 Å². The van der Waals surface area contributed by atoms with Crippen molar-refractivity contribution in [2.45, 2.75) is 123 Å². The first-order valence-electron chi connectivity index (χ1n) is 20.4. The third kappa shape index (κ3) is 8.33. The number of carbonyl (C=O) groups is 4. The SMILES string of the molecule is CN(C(=O)OC(C)(C)C)c1cc(F)c2c(c1OC(=O)OC(C)(C)C)C(=O)C1=C(O)C3(O[Si](C)(C)C(C)(C)C)C(=O)c4c(OCc5ccccc5)noc4[C@@H](N(C)C)[C@@H]3C[C@@H]1C2. The summed E-state index contributed by atoms with van der Waals surface area (Å²) in [6, 6.07) is 9.56.